The van der Waals surface area contributed by atoms with Crippen LogP contribution in [-0.4, -0.2) is 4.98 Å². The molecule has 0 fully saturated rings. The minimum atomic E-state index is -0.242. The van der Waals surface area contributed by atoms with E-state index in [9.17, 15) is 4.39 Å². The Balaban J connectivity index is 1.91. The van der Waals surface area contributed by atoms with Gasteiger partial charge in [0.15, 0.2) is 0 Å². The predicted octanol–water partition coefficient (Wildman–Crippen LogP) is 4.08. The highest BCUT2D eigenvalue weighted by Crippen LogP contribution is 2.35. The van der Waals surface area contributed by atoms with Gasteiger partial charge in [-0.2, -0.15) is 0 Å². The fraction of sp³-hybridized carbons (Fsp3) is 0.214. The van der Waals surface area contributed by atoms with E-state index in [1.165, 1.54) is 11.6 Å². The largest absolute Gasteiger partial charge is 0.373 e. The summed E-state index contributed by atoms with van der Waals surface area (Å²) in [7, 11) is 0. The number of nitrogens with one attached hydrogen (secondary N) is 1. The highest BCUT2D eigenvalue weighted by atomic mass is 79.9. The van der Waals surface area contributed by atoms with Gasteiger partial charge >= 0.3 is 0 Å². The molecule has 0 bridgehead atoms. The molecule has 1 aromatic heterocycles. The molecular formula is C14H12BrFN2. The van der Waals surface area contributed by atoms with Crippen LogP contribution in [0, 0.1) is 5.82 Å². The van der Waals surface area contributed by atoms with Crippen LogP contribution in [0.1, 0.15) is 23.7 Å². The number of aryl methyl sites for hydroxylation is 1. The highest BCUT2D eigenvalue weighted by molar-refractivity contribution is 9.10. The third-order valence-corrected chi connectivity index (χ3v) is 3.90. The Hall–Kier alpha value is -1.42. The fourth-order valence-corrected chi connectivity index (χ4v) is 2.82. The molecule has 0 amide bonds. The number of para-hydroxylation sites is 1. The molecule has 1 unspecified atom stereocenters. The quantitative estimate of drug-likeness (QED) is 0.904. The van der Waals surface area contributed by atoms with Crippen LogP contribution in [0.25, 0.3) is 0 Å². The standard InChI is InChI=1S/C14H12BrFN2/c15-10-4-1-5-11(16)14(10)18-12-7-6-9-3-2-8-17-13(9)12/h1-5,8,12,18H,6-7H2. The summed E-state index contributed by atoms with van der Waals surface area (Å²) >= 11 is 3.37. The van der Waals surface area contributed by atoms with Crippen LogP contribution < -0.4 is 5.32 Å². The molecule has 0 saturated carbocycles. The number of fused-ring (bicyclic) bond motifs is 1. The highest BCUT2D eigenvalue weighted by Gasteiger charge is 2.24. The molecule has 0 radical (unpaired) electrons. The zero-order chi connectivity index (χ0) is 12.5. The van der Waals surface area contributed by atoms with Crippen molar-refractivity contribution in [3.8, 4) is 0 Å². The lowest BCUT2D eigenvalue weighted by Gasteiger charge is -2.16. The molecule has 1 atom stereocenters. The van der Waals surface area contributed by atoms with Crippen LogP contribution in [0.3, 0.4) is 0 Å². The maximum absolute atomic E-state index is 13.8. The summed E-state index contributed by atoms with van der Waals surface area (Å²) in [4.78, 5) is 4.40. The summed E-state index contributed by atoms with van der Waals surface area (Å²) in [6.07, 6.45) is 3.73. The van der Waals surface area contributed by atoms with Crippen LogP contribution in [0.15, 0.2) is 41.0 Å². The zero-order valence-electron chi connectivity index (χ0n) is 9.66. The summed E-state index contributed by atoms with van der Waals surface area (Å²) in [6.45, 7) is 0. The van der Waals surface area contributed by atoms with Gasteiger partial charge < -0.3 is 5.32 Å². The van der Waals surface area contributed by atoms with Gasteiger partial charge in [0, 0.05) is 10.7 Å². The molecular weight excluding hydrogens is 295 g/mol. The number of hydrogen-bond acceptors (Lipinski definition) is 2. The van der Waals surface area contributed by atoms with Crippen LogP contribution in [-0.2, 0) is 6.42 Å². The zero-order valence-corrected chi connectivity index (χ0v) is 11.2. The van der Waals surface area contributed by atoms with Gasteiger partial charge in [-0.15, -0.1) is 0 Å². The Morgan fingerprint density at radius 1 is 1.28 bits per heavy atom. The summed E-state index contributed by atoms with van der Waals surface area (Å²) in [5.74, 6) is -0.242. The number of rotatable bonds is 2. The van der Waals surface area contributed by atoms with Crippen molar-refractivity contribution in [2.24, 2.45) is 0 Å². The van der Waals surface area contributed by atoms with E-state index < -0.39 is 0 Å². The summed E-state index contributed by atoms with van der Waals surface area (Å²) in [5, 5.41) is 3.25. The molecule has 2 aromatic rings. The molecule has 1 aromatic carbocycles. The number of anilines is 1. The van der Waals surface area contributed by atoms with Crippen LogP contribution in [0.2, 0.25) is 0 Å². The molecule has 1 aliphatic carbocycles. The lowest BCUT2D eigenvalue weighted by Crippen LogP contribution is -2.10. The number of nitrogens with zero attached hydrogens (tertiary/aromatic N) is 1. The topological polar surface area (TPSA) is 24.9 Å². The van der Waals surface area contributed by atoms with E-state index in [0.717, 1.165) is 23.0 Å². The lowest BCUT2D eigenvalue weighted by atomic mass is 10.2. The van der Waals surface area contributed by atoms with Crippen molar-refractivity contribution in [3.63, 3.8) is 0 Å². The molecule has 92 valence electrons. The number of aromatic nitrogens is 1. The average molecular weight is 307 g/mol. The molecule has 1 aliphatic rings. The van der Waals surface area contributed by atoms with Crippen molar-refractivity contribution in [1.29, 1.82) is 0 Å². The summed E-state index contributed by atoms with van der Waals surface area (Å²) in [5.41, 5.74) is 2.80. The minimum Gasteiger partial charge on any atom is -0.373 e. The Kier molecular flexibility index (Phi) is 3.04. The third kappa shape index (κ3) is 2.01. The second-order valence-electron chi connectivity index (χ2n) is 4.38. The van der Waals surface area contributed by atoms with Gasteiger partial charge in [-0.3, -0.25) is 4.98 Å². The molecule has 1 heterocycles. The molecule has 3 rings (SSSR count). The Bertz CT molecular complexity index is 566. The number of pyridine rings is 1. The maximum atomic E-state index is 13.8. The number of hydrogen-bond donors (Lipinski definition) is 1. The van der Waals surface area contributed by atoms with Crippen LogP contribution >= 0.6 is 15.9 Å². The van der Waals surface area contributed by atoms with Gasteiger partial charge in [-0.1, -0.05) is 12.1 Å². The van der Waals surface area contributed by atoms with E-state index in [4.69, 9.17) is 0 Å². The van der Waals surface area contributed by atoms with Crippen molar-refractivity contribution in [2.75, 3.05) is 5.32 Å². The van der Waals surface area contributed by atoms with E-state index in [0.29, 0.717) is 5.69 Å². The van der Waals surface area contributed by atoms with Gasteiger partial charge in [0.2, 0.25) is 0 Å². The van der Waals surface area contributed by atoms with Crippen molar-refractivity contribution in [3.05, 3.63) is 58.1 Å². The molecule has 4 heteroatoms. The lowest BCUT2D eigenvalue weighted by molar-refractivity contribution is 0.623. The van der Waals surface area contributed by atoms with E-state index >= 15 is 0 Å². The predicted molar refractivity (Wildman–Crippen MR) is 73.0 cm³/mol. The third-order valence-electron chi connectivity index (χ3n) is 3.24. The SMILES string of the molecule is Fc1cccc(Br)c1NC1CCc2cccnc21. The second-order valence-corrected chi connectivity index (χ2v) is 5.23. The van der Waals surface area contributed by atoms with E-state index in [1.807, 2.05) is 12.1 Å². The van der Waals surface area contributed by atoms with Gasteiger partial charge in [0.1, 0.15) is 5.82 Å². The molecule has 1 N–H and O–H groups in total. The molecule has 0 spiro atoms. The normalized spacial score (nSPS) is 17.6. The van der Waals surface area contributed by atoms with Gasteiger partial charge in [0.25, 0.3) is 0 Å². The Labute approximate surface area is 113 Å². The van der Waals surface area contributed by atoms with Crippen molar-refractivity contribution in [2.45, 2.75) is 18.9 Å². The first kappa shape index (κ1) is 11.7. The summed E-state index contributed by atoms with van der Waals surface area (Å²) < 4.78 is 14.5. The molecule has 18 heavy (non-hydrogen) atoms. The monoisotopic (exact) mass is 306 g/mol. The second kappa shape index (κ2) is 4.69. The molecule has 0 aliphatic heterocycles. The van der Waals surface area contributed by atoms with E-state index in [2.05, 4.69) is 32.3 Å². The van der Waals surface area contributed by atoms with Crippen LogP contribution in [0.4, 0.5) is 10.1 Å². The van der Waals surface area contributed by atoms with Crippen molar-refractivity contribution < 1.29 is 4.39 Å². The number of benzene rings is 1. The first-order valence-electron chi connectivity index (χ1n) is 5.90. The number of halogens is 2. The summed E-state index contributed by atoms with van der Waals surface area (Å²) in [6, 6.07) is 9.10. The fourth-order valence-electron chi connectivity index (χ4n) is 2.36. The average Bonchev–Trinajstić information content (AvgIpc) is 2.77. The van der Waals surface area contributed by atoms with E-state index in [1.54, 1.807) is 12.3 Å². The van der Waals surface area contributed by atoms with Gasteiger partial charge in [-0.25, -0.2) is 4.39 Å². The van der Waals surface area contributed by atoms with Crippen molar-refractivity contribution in [1.82, 2.24) is 4.98 Å². The maximum Gasteiger partial charge on any atom is 0.147 e. The van der Waals surface area contributed by atoms with Crippen molar-refractivity contribution >= 4 is 21.6 Å². The van der Waals surface area contributed by atoms with Gasteiger partial charge in [0.05, 0.1) is 17.4 Å². The first-order chi connectivity index (χ1) is 8.75. The minimum absolute atomic E-state index is 0.0920. The molecule has 2 nitrogen and oxygen atoms in total. The first-order valence-corrected chi connectivity index (χ1v) is 6.69. The Morgan fingerprint density at radius 2 is 2.17 bits per heavy atom. The van der Waals surface area contributed by atoms with E-state index in [-0.39, 0.29) is 11.9 Å². The smallest absolute Gasteiger partial charge is 0.147 e. The Morgan fingerprint density at radius 3 is 3.00 bits per heavy atom. The van der Waals surface area contributed by atoms with Gasteiger partial charge in [-0.05, 0) is 52.5 Å². The molecule has 0 saturated heterocycles. The van der Waals surface area contributed by atoms with Crippen LogP contribution in [0.5, 0.6) is 0 Å².